The third-order valence-corrected chi connectivity index (χ3v) is 5.58. The number of nitrogen functional groups attached to an aromatic ring is 1. The topological polar surface area (TPSA) is 95.7 Å². The van der Waals surface area contributed by atoms with E-state index < -0.39 is 0 Å². The lowest BCUT2D eigenvalue weighted by Gasteiger charge is -2.19. The predicted octanol–water partition coefficient (Wildman–Crippen LogP) is 5.48. The van der Waals surface area contributed by atoms with Crippen LogP contribution in [0, 0.1) is 6.92 Å². The molecule has 170 valence electrons. The third kappa shape index (κ3) is 4.76. The van der Waals surface area contributed by atoms with Crippen molar-refractivity contribution in [2.75, 3.05) is 23.0 Å². The number of hydrogen-bond acceptors (Lipinski definition) is 4. The normalized spacial score (nSPS) is 10.5. The summed E-state index contributed by atoms with van der Waals surface area (Å²) in [5.41, 5.74) is 11.0. The van der Waals surface area contributed by atoms with Gasteiger partial charge in [-0.25, -0.2) is 0 Å². The second-order valence-corrected chi connectivity index (χ2v) is 8.06. The molecule has 0 fully saturated rings. The lowest BCUT2D eigenvalue weighted by Crippen LogP contribution is -2.26. The molecule has 0 heterocycles. The van der Waals surface area contributed by atoms with E-state index in [1.165, 1.54) is 4.90 Å². The lowest BCUT2D eigenvalue weighted by atomic mass is 9.99. The van der Waals surface area contributed by atoms with Crippen LogP contribution in [0.25, 0.3) is 11.1 Å². The zero-order valence-electron chi connectivity index (χ0n) is 18.9. The van der Waals surface area contributed by atoms with Crippen molar-refractivity contribution in [3.63, 3.8) is 0 Å². The van der Waals surface area contributed by atoms with E-state index in [0.717, 1.165) is 16.7 Å². The van der Waals surface area contributed by atoms with Gasteiger partial charge in [-0.1, -0.05) is 36.4 Å². The van der Waals surface area contributed by atoms with Crippen LogP contribution >= 0.6 is 0 Å². The van der Waals surface area contributed by atoms with E-state index in [0.29, 0.717) is 28.2 Å². The van der Waals surface area contributed by atoms with Gasteiger partial charge in [0.25, 0.3) is 11.8 Å². The number of anilines is 3. The number of carbonyl (C=O) groups is 2. The molecule has 4 aromatic rings. The van der Waals surface area contributed by atoms with Gasteiger partial charge in [-0.2, -0.15) is 0 Å². The maximum atomic E-state index is 13.0. The van der Waals surface area contributed by atoms with Crippen LogP contribution in [-0.4, -0.2) is 24.0 Å². The minimum Gasteiger partial charge on any atom is -0.506 e. The first kappa shape index (κ1) is 22.6. The van der Waals surface area contributed by atoms with Crippen LogP contribution in [0.5, 0.6) is 5.75 Å². The summed E-state index contributed by atoms with van der Waals surface area (Å²) in [7, 11) is 1.61. The highest BCUT2D eigenvalue weighted by molar-refractivity contribution is 6.09. The van der Waals surface area contributed by atoms with E-state index in [1.807, 2.05) is 43.3 Å². The molecule has 0 aliphatic heterocycles. The number of aromatic hydroxyl groups is 1. The molecule has 4 rings (SSSR count). The van der Waals surface area contributed by atoms with Crippen molar-refractivity contribution in [1.29, 1.82) is 0 Å². The maximum absolute atomic E-state index is 13.0. The summed E-state index contributed by atoms with van der Waals surface area (Å²) in [5, 5.41) is 13.1. The Balaban J connectivity index is 1.51. The number of hydrogen-bond donors (Lipinski definition) is 3. The van der Waals surface area contributed by atoms with Gasteiger partial charge >= 0.3 is 0 Å². The Morgan fingerprint density at radius 3 is 2.24 bits per heavy atom. The monoisotopic (exact) mass is 451 g/mol. The number of phenolic OH excluding ortho intramolecular Hbond substituents is 1. The van der Waals surface area contributed by atoms with E-state index >= 15 is 0 Å². The largest absolute Gasteiger partial charge is 0.506 e. The molecule has 4 N–H and O–H groups in total. The van der Waals surface area contributed by atoms with Crippen LogP contribution < -0.4 is 16.0 Å². The zero-order chi connectivity index (χ0) is 24.2. The number of amides is 2. The van der Waals surface area contributed by atoms with Crippen LogP contribution in [0.3, 0.4) is 0 Å². The number of nitrogens with one attached hydrogen (secondary N) is 1. The molecular formula is C28H25N3O3. The van der Waals surface area contributed by atoms with Crippen molar-refractivity contribution in [2.45, 2.75) is 6.92 Å². The van der Waals surface area contributed by atoms with Crippen molar-refractivity contribution in [2.24, 2.45) is 0 Å². The van der Waals surface area contributed by atoms with Gasteiger partial charge in [-0.05, 0) is 78.2 Å². The number of carbonyl (C=O) groups excluding carboxylic acids is 2. The summed E-state index contributed by atoms with van der Waals surface area (Å²) in [4.78, 5) is 27.3. The molecule has 0 aliphatic carbocycles. The average Bonchev–Trinajstić information content (AvgIpc) is 2.84. The molecule has 34 heavy (non-hydrogen) atoms. The summed E-state index contributed by atoms with van der Waals surface area (Å²) >= 11 is 0. The number of nitrogens with zero attached hydrogens (tertiary/aromatic N) is 1. The fourth-order valence-corrected chi connectivity index (χ4v) is 3.71. The molecule has 0 atom stereocenters. The molecule has 0 spiro atoms. The Kier molecular flexibility index (Phi) is 6.32. The highest BCUT2D eigenvalue weighted by Crippen LogP contribution is 2.29. The van der Waals surface area contributed by atoms with E-state index in [1.54, 1.807) is 61.6 Å². The minimum atomic E-state index is -0.272. The molecule has 0 radical (unpaired) electrons. The number of benzene rings is 4. The Morgan fingerprint density at radius 2 is 1.56 bits per heavy atom. The summed E-state index contributed by atoms with van der Waals surface area (Å²) in [6, 6.07) is 26.5. The first-order chi connectivity index (χ1) is 16.3. The highest BCUT2D eigenvalue weighted by Gasteiger charge is 2.17. The Morgan fingerprint density at radius 1 is 0.882 bits per heavy atom. The van der Waals surface area contributed by atoms with Gasteiger partial charge < -0.3 is 21.1 Å². The van der Waals surface area contributed by atoms with Gasteiger partial charge in [-0.15, -0.1) is 0 Å². The van der Waals surface area contributed by atoms with E-state index in [4.69, 9.17) is 5.73 Å². The average molecular weight is 452 g/mol. The second-order valence-electron chi connectivity index (χ2n) is 8.06. The van der Waals surface area contributed by atoms with Crippen LogP contribution in [0.2, 0.25) is 0 Å². The van der Waals surface area contributed by atoms with Crippen molar-refractivity contribution in [3.05, 3.63) is 108 Å². The highest BCUT2D eigenvalue weighted by atomic mass is 16.3. The third-order valence-electron chi connectivity index (χ3n) is 5.58. The molecule has 4 aromatic carbocycles. The van der Waals surface area contributed by atoms with Crippen molar-refractivity contribution < 1.29 is 14.7 Å². The molecule has 0 unspecified atom stereocenters. The van der Waals surface area contributed by atoms with Crippen molar-refractivity contribution in [3.8, 4) is 16.9 Å². The van der Waals surface area contributed by atoms with Crippen molar-refractivity contribution in [1.82, 2.24) is 0 Å². The number of rotatable bonds is 5. The molecule has 0 saturated carbocycles. The van der Waals surface area contributed by atoms with E-state index in [-0.39, 0.29) is 17.6 Å². The Bertz CT molecular complexity index is 1350. The molecule has 2 amide bonds. The molecule has 0 saturated heterocycles. The standard InChI is InChI=1S/C28H25N3O3/c1-18-7-16-25(26(32)17-18)31(2)28(34)20-10-14-22(15-11-20)30-27(33)24-6-4-3-5-23(24)19-8-12-21(29)13-9-19/h3-17,32H,29H2,1-2H3,(H,30,33). The molecule has 6 heteroatoms. The molecule has 0 bridgehead atoms. The van der Waals surface area contributed by atoms with Crippen LogP contribution in [0.15, 0.2) is 91.0 Å². The van der Waals surface area contributed by atoms with Crippen molar-refractivity contribution >= 4 is 28.9 Å². The summed E-state index contributed by atoms with van der Waals surface area (Å²) in [5.74, 6) is -0.488. The zero-order valence-corrected chi connectivity index (χ0v) is 18.9. The first-order valence-corrected chi connectivity index (χ1v) is 10.8. The van der Waals surface area contributed by atoms with Gasteiger partial charge in [-0.3, -0.25) is 9.59 Å². The van der Waals surface area contributed by atoms with Gasteiger partial charge in [0.05, 0.1) is 5.69 Å². The summed E-state index contributed by atoms with van der Waals surface area (Å²) in [6.07, 6.45) is 0. The van der Waals surface area contributed by atoms with E-state index in [2.05, 4.69) is 5.32 Å². The van der Waals surface area contributed by atoms with Gasteiger partial charge in [0, 0.05) is 29.5 Å². The molecule has 0 aromatic heterocycles. The number of nitrogens with two attached hydrogens (primary N) is 1. The fourth-order valence-electron chi connectivity index (χ4n) is 3.71. The van der Waals surface area contributed by atoms with Gasteiger partial charge in [0.15, 0.2) is 0 Å². The summed E-state index contributed by atoms with van der Waals surface area (Å²) in [6.45, 7) is 1.87. The van der Waals surface area contributed by atoms with E-state index in [9.17, 15) is 14.7 Å². The fraction of sp³-hybridized carbons (Fsp3) is 0.0714. The number of aryl methyl sites for hydroxylation is 1. The minimum absolute atomic E-state index is 0.0412. The van der Waals surface area contributed by atoms with Gasteiger partial charge in [0.2, 0.25) is 0 Å². The van der Waals surface area contributed by atoms with Crippen LogP contribution in [0.4, 0.5) is 17.1 Å². The predicted molar refractivity (Wildman–Crippen MR) is 136 cm³/mol. The second kappa shape index (κ2) is 9.50. The molecule has 0 aliphatic rings. The Hall–Kier alpha value is -4.58. The van der Waals surface area contributed by atoms with Crippen LogP contribution in [0.1, 0.15) is 26.3 Å². The smallest absolute Gasteiger partial charge is 0.258 e. The quantitative estimate of drug-likeness (QED) is 0.350. The lowest BCUT2D eigenvalue weighted by molar-refractivity contribution is 0.0991. The molecule has 6 nitrogen and oxygen atoms in total. The van der Waals surface area contributed by atoms with Gasteiger partial charge in [0.1, 0.15) is 5.75 Å². The SMILES string of the molecule is Cc1ccc(N(C)C(=O)c2ccc(NC(=O)c3ccccc3-c3ccc(N)cc3)cc2)c(O)c1. The Labute approximate surface area is 198 Å². The number of phenols is 1. The maximum Gasteiger partial charge on any atom is 0.258 e. The first-order valence-electron chi connectivity index (χ1n) is 10.8. The molecular weight excluding hydrogens is 426 g/mol. The summed E-state index contributed by atoms with van der Waals surface area (Å²) < 4.78 is 0. The van der Waals surface area contributed by atoms with Crippen LogP contribution in [-0.2, 0) is 0 Å².